The van der Waals surface area contributed by atoms with Crippen molar-refractivity contribution in [1.82, 2.24) is 4.57 Å². The van der Waals surface area contributed by atoms with Crippen LogP contribution in [0.5, 0.6) is 5.75 Å². The number of phenolic OH excluding ortho intramolecular Hbond substituents is 1. The molecule has 5 nitrogen and oxygen atoms in total. The molecule has 1 saturated heterocycles. The first-order valence-electron chi connectivity index (χ1n) is 9.40. The zero-order valence-corrected chi connectivity index (χ0v) is 15.4. The number of phenols is 1. The Kier molecular flexibility index (Phi) is 3.74. The molecule has 1 saturated carbocycles. The normalized spacial score (nSPS) is 21.6. The van der Waals surface area contributed by atoms with E-state index in [9.17, 15) is 19.4 Å². The molecule has 2 aliphatic rings. The van der Waals surface area contributed by atoms with Gasteiger partial charge in [-0.3, -0.25) is 4.79 Å². The highest BCUT2D eigenvalue weighted by molar-refractivity contribution is 5.91. The van der Waals surface area contributed by atoms with Crippen LogP contribution in [0.3, 0.4) is 0 Å². The van der Waals surface area contributed by atoms with Gasteiger partial charge >= 0.3 is 5.97 Å². The fourth-order valence-electron chi connectivity index (χ4n) is 4.34. The number of aliphatic carboxylic acids is 1. The van der Waals surface area contributed by atoms with Gasteiger partial charge in [-0.25, -0.2) is 4.39 Å². The van der Waals surface area contributed by atoms with Crippen molar-refractivity contribution in [3.63, 3.8) is 0 Å². The number of carboxylic acid groups (broad SMARTS) is 1. The second-order valence-electron chi connectivity index (χ2n) is 7.79. The third-order valence-electron chi connectivity index (χ3n) is 5.93. The van der Waals surface area contributed by atoms with E-state index in [0.29, 0.717) is 25.2 Å². The predicted molar refractivity (Wildman–Crippen MR) is 102 cm³/mol. The molecule has 1 aromatic heterocycles. The minimum atomic E-state index is -0.792. The molecule has 2 heterocycles. The predicted octanol–water partition coefficient (Wildman–Crippen LogP) is 4.09. The molecule has 0 bridgehead atoms. The third kappa shape index (κ3) is 2.52. The summed E-state index contributed by atoms with van der Waals surface area (Å²) in [5, 5.41) is 20.4. The Balaban J connectivity index is 1.81. The summed E-state index contributed by atoms with van der Waals surface area (Å²) in [6, 6.07) is 10.2. The average molecular weight is 381 g/mol. The number of rotatable bonds is 4. The number of aromatic nitrogens is 1. The van der Waals surface area contributed by atoms with E-state index in [-0.39, 0.29) is 23.4 Å². The van der Waals surface area contributed by atoms with E-state index >= 15 is 0 Å². The van der Waals surface area contributed by atoms with E-state index in [4.69, 9.17) is 4.74 Å². The summed E-state index contributed by atoms with van der Waals surface area (Å²) in [5.74, 6) is -1.26. The van der Waals surface area contributed by atoms with Crippen molar-refractivity contribution in [1.29, 1.82) is 0 Å². The SMILES string of the molecule is Cc1cc(-n2c(C3COC3)c([C@H]3C[C@@H]3C(=O)O)c3cc(O)ccc32)ccc1F. The molecular weight excluding hydrogens is 361 g/mol. The Labute approximate surface area is 161 Å². The summed E-state index contributed by atoms with van der Waals surface area (Å²) in [6.07, 6.45) is 0.590. The van der Waals surface area contributed by atoms with Gasteiger partial charge in [0.15, 0.2) is 0 Å². The molecule has 1 aliphatic heterocycles. The van der Waals surface area contributed by atoms with Crippen LogP contribution in [-0.2, 0) is 9.53 Å². The number of carboxylic acids is 1. The van der Waals surface area contributed by atoms with Crippen LogP contribution in [0, 0.1) is 18.7 Å². The van der Waals surface area contributed by atoms with Gasteiger partial charge in [-0.05, 0) is 60.9 Å². The van der Waals surface area contributed by atoms with Crippen LogP contribution in [0.1, 0.15) is 35.1 Å². The summed E-state index contributed by atoms with van der Waals surface area (Å²) in [5.41, 5.74) is 4.26. The van der Waals surface area contributed by atoms with Gasteiger partial charge in [0.2, 0.25) is 0 Å². The van der Waals surface area contributed by atoms with E-state index in [1.165, 1.54) is 6.07 Å². The number of halogens is 1. The number of nitrogens with zero attached hydrogens (tertiary/aromatic N) is 1. The van der Waals surface area contributed by atoms with Crippen LogP contribution in [0.2, 0.25) is 0 Å². The second kappa shape index (κ2) is 6.07. The van der Waals surface area contributed by atoms with Gasteiger partial charge in [0.25, 0.3) is 0 Å². The van der Waals surface area contributed by atoms with Crippen molar-refractivity contribution in [3.8, 4) is 11.4 Å². The minimum Gasteiger partial charge on any atom is -0.508 e. The zero-order valence-electron chi connectivity index (χ0n) is 15.4. The Morgan fingerprint density at radius 2 is 2.00 bits per heavy atom. The molecule has 0 spiro atoms. The van der Waals surface area contributed by atoms with Gasteiger partial charge in [0.05, 0.1) is 24.6 Å². The van der Waals surface area contributed by atoms with Gasteiger partial charge in [0.1, 0.15) is 11.6 Å². The van der Waals surface area contributed by atoms with Crippen molar-refractivity contribution in [2.24, 2.45) is 5.92 Å². The lowest BCUT2D eigenvalue weighted by Crippen LogP contribution is -2.28. The molecule has 2 N–H and O–H groups in total. The number of ether oxygens (including phenoxy) is 1. The van der Waals surface area contributed by atoms with E-state index in [1.54, 1.807) is 31.2 Å². The lowest BCUT2D eigenvalue weighted by molar-refractivity contribution is -0.138. The third-order valence-corrected chi connectivity index (χ3v) is 5.93. The van der Waals surface area contributed by atoms with Crippen LogP contribution >= 0.6 is 0 Å². The fourth-order valence-corrected chi connectivity index (χ4v) is 4.34. The quantitative estimate of drug-likeness (QED) is 0.714. The first kappa shape index (κ1) is 17.3. The molecule has 3 aromatic rings. The van der Waals surface area contributed by atoms with E-state index in [2.05, 4.69) is 4.57 Å². The Bertz CT molecular complexity index is 1120. The van der Waals surface area contributed by atoms with Crippen molar-refractivity contribution in [2.45, 2.75) is 25.2 Å². The summed E-state index contributed by atoms with van der Waals surface area (Å²) in [7, 11) is 0. The Morgan fingerprint density at radius 1 is 1.21 bits per heavy atom. The van der Waals surface area contributed by atoms with Crippen molar-refractivity contribution < 1.29 is 24.1 Å². The Hall–Kier alpha value is -2.86. The number of hydrogen-bond acceptors (Lipinski definition) is 3. The van der Waals surface area contributed by atoms with Crippen molar-refractivity contribution >= 4 is 16.9 Å². The van der Waals surface area contributed by atoms with Gasteiger partial charge in [-0.1, -0.05) is 0 Å². The molecule has 5 rings (SSSR count). The first-order chi connectivity index (χ1) is 13.5. The van der Waals surface area contributed by atoms with Crippen LogP contribution in [-0.4, -0.2) is 34.0 Å². The van der Waals surface area contributed by atoms with Gasteiger partial charge in [-0.2, -0.15) is 0 Å². The highest BCUT2D eigenvalue weighted by atomic mass is 19.1. The van der Waals surface area contributed by atoms with Crippen molar-refractivity contribution in [3.05, 3.63) is 59.0 Å². The maximum absolute atomic E-state index is 13.9. The smallest absolute Gasteiger partial charge is 0.307 e. The molecular formula is C22H20FNO4. The van der Waals surface area contributed by atoms with Crippen LogP contribution in [0.15, 0.2) is 36.4 Å². The van der Waals surface area contributed by atoms with Crippen molar-refractivity contribution in [2.75, 3.05) is 13.2 Å². The summed E-state index contributed by atoms with van der Waals surface area (Å²) in [4.78, 5) is 11.5. The molecule has 0 unspecified atom stereocenters. The van der Waals surface area contributed by atoms with Crippen LogP contribution < -0.4 is 0 Å². The molecule has 2 fully saturated rings. The molecule has 28 heavy (non-hydrogen) atoms. The topological polar surface area (TPSA) is 71.7 Å². The lowest BCUT2D eigenvalue weighted by atomic mass is 9.94. The number of carbonyl (C=O) groups is 1. The molecule has 144 valence electrons. The lowest BCUT2D eigenvalue weighted by Gasteiger charge is -2.29. The highest BCUT2D eigenvalue weighted by Gasteiger charge is 2.48. The van der Waals surface area contributed by atoms with Gasteiger partial charge in [0, 0.05) is 28.6 Å². The molecule has 2 aromatic carbocycles. The van der Waals surface area contributed by atoms with Crippen LogP contribution in [0.25, 0.3) is 16.6 Å². The van der Waals surface area contributed by atoms with E-state index < -0.39 is 11.9 Å². The summed E-state index contributed by atoms with van der Waals surface area (Å²) >= 11 is 0. The standard InChI is InChI=1S/C22H20FNO4/c1-11-6-13(2-4-18(11)23)24-19-5-3-14(25)7-17(19)20(15-8-16(15)22(26)27)21(24)12-9-28-10-12/h2-7,12,15-16,25H,8-10H2,1H3,(H,26,27)/t15-,16-/m0/s1. The molecule has 6 heteroatoms. The summed E-state index contributed by atoms with van der Waals surface area (Å²) in [6.45, 7) is 2.87. The van der Waals surface area contributed by atoms with Gasteiger partial charge in [-0.15, -0.1) is 0 Å². The van der Waals surface area contributed by atoms with Crippen LogP contribution in [0.4, 0.5) is 4.39 Å². The second-order valence-corrected chi connectivity index (χ2v) is 7.79. The molecule has 0 radical (unpaired) electrons. The largest absolute Gasteiger partial charge is 0.508 e. The summed E-state index contributed by atoms with van der Waals surface area (Å²) < 4.78 is 21.4. The fraction of sp³-hybridized carbons (Fsp3) is 0.318. The molecule has 0 amide bonds. The first-order valence-corrected chi connectivity index (χ1v) is 9.40. The monoisotopic (exact) mass is 381 g/mol. The van der Waals surface area contributed by atoms with E-state index in [0.717, 1.165) is 27.8 Å². The average Bonchev–Trinajstić information content (AvgIpc) is 3.33. The number of aromatic hydroxyl groups is 1. The number of benzene rings is 2. The molecule has 1 aliphatic carbocycles. The zero-order chi connectivity index (χ0) is 19.6. The maximum Gasteiger partial charge on any atom is 0.307 e. The highest BCUT2D eigenvalue weighted by Crippen LogP contribution is 2.54. The Morgan fingerprint density at radius 3 is 2.61 bits per heavy atom. The molecule has 2 atom stereocenters. The number of hydrogen-bond donors (Lipinski definition) is 2. The number of fused-ring (bicyclic) bond motifs is 1. The van der Waals surface area contributed by atoms with Gasteiger partial charge < -0.3 is 19.5 Å². The maximum atomic E-state index is 13.9. The minimum absolute atomic E-state index is 0.0832. The number of aryl methyl sites for hydroxylation is 1. The van der Waals surface area contributed by atoms with E-state index in [1.807, 2.05) is 6.07 Å².